The largest absolute Gasteiger partial charge is 0.388 e. The highest BCUT2D eigenvalue weighted by Crippen LogP contribution is 2.16. The highest BCUT2D eigenvalue weighted by molar-refractivity contribution is 4.81. The summed E-state index contributed by atoms with van der Waals surface area (Å²) in [5, 5.41) is 13.6. The van der Waals surface area contributed by atoms with Crippen molar-refractivity contribution >= 4 is 0 Å². The summed E-state index contributed by atoms with van der Waals surface area (Å²) in [4.78, 5) is 2.25. The summed E-state index contributed by atoms with van der Waals surface area (Å²) < 4.78 is 5.37. The SMILES string of the molecule is CC(C)NCC(C)(O)CN(C)CC1CCOCC1. The van der Waals surface area contributed by atoms with Crippen molar-refractivity contribution in [1.82, 2.24) is 10.2 Å². The Morgan fingerprint density at radius 3 is 2.56 bits per heavy atom. The van der Waals surface area contributed by atoms with Gasteiger partial charge in [0, 0.05) is 38.9 Å². The van der Waals surface area contributed by atoms with Gasteiger partial charge in [0.15, 0.2) is 0 Å². The molecule has 1 atom stereocenters. The quantitative estimate of drug-likeness (QED) is 0.717. The van der Waals surface area contributed by atoms with Crippen LogP contribution in [0.25, 0.3) is 0 Å². The van der Waals surface area contributed by atoms with Crippen molar-refractivity contribution < 1.29 is 9.84 Å². The molecule has 1 heterocycles. The Bertz CT molecular complexity index is 226. The molecule has 0 spiro atoms. The van der Waals surface area contributed by atoms with Gasteiger partial charge in [-0.3, -0.25) is 0 Å². The van der Waals surface area contributed by atoms with E-state index in [0.717, 1.165) is 38.5 Å². The van der Waals surface area contributed by atoms with Gasteiger partial charge in [0.1, 0.15) is 0 Å². The van der Waals surface area contributed by atoms with Crippen molar-refractivity contribution in [3.8, 4) is 0 Å². The molecule has 0 aromatic carbocycles. The Balaban J connectivity index is 2.26. The van der Waals surface area contributed by atoms with Gasteiger partial charge in [0.25, 0.3) is 0 Å². The number of rotatable bonds is 7. The fourth-order valence-electron chi connectivity index (χ4n) is 2.50. The summed E-state index contributed by atoms with van der Waals surface area (Å²) in [5.74, 6) is 0.720. The van der Waals surface area contributed by atoms with E-state index in [1.807, 2.05) is 6.92 Å². The summed E-state index contributed by atoms with van der Waals surface area (Å²) >= 11 is 0. The van der Waals surface area contributed by atoms with Gasteiger partial charge >= 0.3 is 0 Å². The third-order valence-corrected chi connectivity index (χ3v) is 3.41. The maximum Gasteiger partial charge on any atom is 0.0869 e. The highest BCUT2D eigenvalue weighted by atomic mass is 16.5. The van der Waals surface area contributed by atoms with Crippen molar-refractivity contribution in [2.45, 2.75) is 45.3 Å². The van der Waals surface area contributed by atoms with Crippen molar-refractivity contribution in [1.29, 1.82) is 0 Å². The van der Waals surface area contributed by atoms with Gasteiger partial charge in [-0.05, 0) is 32.7 Å². The molecule has 0 aromatic rings. The van der Waals surface area contributed by atoms with E-state index >= 15 is 0 Å². The molecule has 0 aromatic heterocycles. The first-order chi connectivity index (χ1) is 8.39. The topological polar surface area (TPSA) is 44.7 Å². The number of hydrogen-bond donors (Lipinski definition) is 2. The highest BCUT2D eigenvalue weighted by Gasteiger charge is 2.24. The predicted octanol–water partition coefficient (Wildman–Crippen LogP) is 1.09. The molecule has 1 rings (SSSR count). The van der Waals surface area contributed by atoms with Crippen molar-refractivity contribution in [3.05, 3.63) is 0 Å². The first kappa shape index (κ1) is 15.9. The molecule has 1 unspecified atom stereocenters. The summed E-state index contributed by atoms with van der Waals surface area (Å²) in [5.41, 5.74) is -0.663. The molecule has 0 aliphatic carbocycles. The monoisotopic (exact) mass is 258 g/mol. The lowest BCUT2D eigenvalue weighted by Crippen LogP contribution is -2.49. The third kappa shape index (κ3) is 6.69. The lowest BCUT2D eigenvalue weighted by Gasteiger charge is -2.33. The molecule has 108 valence electrons. The Labute approximate surface area is 112 Å². The van der Waals surface area contributed by atoms with Gasteiger partial charge in [0.05, 0.1) is 5.60 Å². The Morgan fingerprint density at radius 1 is 1.39 bits per heavy atom. The smallest absolute Gasteiger partial charge is 0.0869 e. The van der Waals surface area contributed by atoms with Crippen LogP contribution in [0.5, 0.6) is 0 Å². The van der Waals surface area contributed by atoms with Crippen LogP contribution in [0, 0.1) is 5.92 Å². The average Bonchev–Trinajstić information content (AvgIpc) is 2.27. The lowest BCUT2D eigenvalue weighted by atomic mass is 9.98. The van der Waals surface area contributed by atoms with Gasteiger partial charge in [-0.15, -0.1) is 0 Å². The number of nitrogens with zero attached hydrogens (tertiary/aromatic N) is 1. The van der Waals surface area contributed by atoms with Gasteiger partial charge in [-0.25, -0.2) is 0 Å². The van der Waals surface area contributed by atoms with E-state index in [-0.39, 0.29) is 0 Å². The van der Waals surface area contributed by atoms with Crippen LogP contribution in [0.1, 0.15) is 33.6 Å². The minimum absolute atomic E-state index is 0.414. The molecule has 1 saturated heterocycles. The van der Waals surface area contributed by atoms with Crippen LogP contribution in [0.15, 0.2) is 0 Å². The molecule has 18 heavy (non-hydrogen) atoms. The number of nitrogens with one attached hydrogen (secondary N) is 1. The third-order valence-electron chi connectivity index (χ3n) is 3.41. The predicted molar refractivity (Wildman–Crippen MR) is 74.8 cm³/mol. The minimum atomic E-state index is -0.663. The zero-order chi connectivity index (χ0) is 13.6. The summed E-state index contributed by atoms with van der Waals surface area (Å²) in [6.45, 7) is 10.3. The maximum atomic E-state index is 10.3. The zero-order valence-corrected chi connectivity index (χ0v) is 12.4. The summed E-state index contributed by atoms with van der Waals surface area (Å²) in [7, 11) is 2.10. The average molecular weight is 258 g/mol. The van der Waals surface area contributed by atoms with Crippen molar-refractivity contribution in [2.75, 3.05) is 39.9 Å². The first-order valence-corrected chi connectivity index (χ1v) is 7.11. The van der Waals surface area contributed by atoms with E-state index < -0.39 is 5.60 Å². The van der Waals surface area contributed by atoms with Gasteiger partial charge < -0.3 is 20.1 Å². The molecular formula is C14H30N2O2. The molecule has 1 aliphatic heterocycles. The maximum absolute atomic E-state index is 10.3. The number of likely N-dealkylation sites (N-methyl/N-ethyl adjacent to an activating group) is 1. The lowest BCUT2D eigenvalue weighted by molar-refractivity contribution is 0.0108. The van der Waals surface area contributed by atoms with Crippen LogP contribution in [0.3, 0.4) is 0 Å². The number of aliphatic hydroxyl groups is 1. The molecule has 0 amide bonds. The molecule has 0 radical (unpaired) electrons. The fourth-order valence-corrected chi connectivity index (χ4v) is 2.50. The first-order valence-electron chi connectivity index (χ1n) is 7.11. The molecule has 2 N–H and O–H groups in total. The van der Waals surface area contributed by atoms with E-state index in [1.165, 1.54) is 0 Å². The number of ether oxygens (including phenoxy) is 1. The van der Waals surface area contributed by atoms with Gasteiger partial charge in [-0.2, -0.15) is 0 Å². The van der Waals surface area contributed by atoms with Crippen molar-refractivity contribution in [2.24, 2.45) is 5.92 Å². The normalized spacial score (nSPS) is 21.5. The van der Waals surface area contributed by atoms with Crippen LogP contribution >= 0.6 is 0 Å². The number of hydrogen-bond acceptors (Lipinski definition) is 4. The van der Waals surface area contributed by atoms with E-state index in [0.29, 0.717) is 19.1 Å². The molecule has 1 fully saturated rings. The second-order valence-electron chi connectivity index (χ2n) is 6.29. The van der Waals surface area contributed by atoms with E-state index in [9.17, 15) is 5.11 Å². The summed E-state index contributed by atoms with van der Waals surface area (Å²) in [6.07, 6.45) is 2.30. The molecular weight excluding hydrogens is 228 g/mol. The van der Waals surface area contributed by atoms with Crippen molar-refractivity contribution in [3.63, 3.8) is 0 Å². The molecule has 0 saturated carbocycles. The molecule has 1 aliphatic rings. The van der Waals surface area contributed by atoms with Gasteiger partial charge in [0.2, 0.25) is 0 Å². The standard InChI is InChI=1S/C14H30N2O2/c1-12(2)15-10-14(3,17)11-16(4)9-13-5-7-18-8-6-13/h12-13,15,17H,5-11H2,1-4H3. The van der Waals surface area contributed by atoms with Gasteiger partial charge in [-0.1, -0.05) is 13.8 Å². The van der Waals surface area contributed by atoms with E-state index in [1.54, 1.807) is 0 Å². The fraction of sp³-hybridized carbons (Fsp3) is 1.00. The molecule has 4 nitrogen and oxygen atoms in total. The summed E-state index contributed by atoms with van der Waals surface area (Å²) in [6, 6.07) is 0.414. The molecule has 0 bridgehead atoms. The van der Waals surface area contributed by atoms with Crippen LogP contribution in [0.4, 0.5) is 0 Å². The minimum Gasteiger partial charge on any atom is -0.388 e. The molecule has 4 heteroatoms. The Hall–Kier alpha value is -0.160. The van der Waals surface area contributed by atoms with E-state index in [4.69, 9.17) is 4.74 Å². The zero-order valence-electron chi connectivity index (χ0n) is 12.4. The second-order valence-corrected chi connectivity index (χ2v) is 6.29. The van der Waals surface area contributed by atoms with Crippen LogP contribution in [-0.4, -0.2) is 61.5 Å². The van der Waals surface area contributed by atoms with Crippen LogP contribution in [0.2, 0.25) is 0 Å². The Morgan fingerprint density at radius 2 is 2.00 bits per heavy atom. The Kier molecular flexibility index (Phi) is 6.57. The van der Waals surface area contributed by atoms with E-state index in [2.05, 4.69) is 31.1 Å². The van der Waals surface area contributed by atoms with Crippen LogP contribution in [-0.2, 0) is 4.74 Å². The second kappa shape index (κ2) is 7.43. The van der Waals surface area contributed by atoms with Crippen LogP contribution < -0.4 is 5.32 Å².